The molecule has 5 nitrogen and oxygen atoms in total. The molecule has 0 bridgehead atoms. The molecule has 90 valence electrons. The molecule has 2 rings (SSSR count). The van der Waals surface area contributed by atoms with Gasteiger partial charge in [-0.25, -0.2) is 9.18 Å². The first-order valence-corrected chi connectivity index (χ1v) is 4.99. The Morgan fingerprint density at radius 2 is 2.00 bits per heavy atom. The van der Waals surface area contributed by atoms with Gasteiger partial charge in [0.15, 0.2) is 0 Å². The Hall–Kier alpha value is -2.11. The van der Waals surface area contributed by atoms with Gasteiger partial charge in [0, 0.05) is 6.07 Å². The van der Waals surface area contributed by atoms with Crippen LogP contribution in [0.5, 0.6) is 5.75 Å². The predicted molar refractivity (Wildman–Crippen MR) is 55.1 cm³/mol. The first-order chi connectivity index (χ1) is 7.94. The Balaban J connectivity index is 2.18. The highest BCUT2D eigenvalue weighted by Gasteiger charge is 2.51. The van der Waals surface area contributed by atoms with Crippen LogP contribution in [-0.4, -0.2) is 27.6 Å². The lowest BCUT2D eigenvalue weighted by atomic mass is 10.1. The van der Waals surface area contributed by atoms with E-state index in [0.717, 1.165) is 12.1 Å². The molecule has 0 atom stereocenters. The predicted octanol–water partition coefficient (Wildman–Crippen LogP) is 0.878. The lowest BCUT2D eigenvalue weighted by Gasteiger charge is -2.12. The Labute approximate surface area is 95.9 Å². The zero-order valence-corrected chi connectivity index (χ0v) is 8.74. The molecule has 0 aromatic heterocycles. The molecule has 1 fully saturated rings. The largest absolute Gasteiger partial charge is 0.508 e. The third-order valence-corrected chi connectivity index (χ3v) is 2.71. The Morgan fingerprint density at radius 3 is 2.47 bits per heavy atom. The molecule has 0 radical (unpaired) electrons. The third kappa shape index (κ3) is 2.06. The smallest absolute Gasteiger partial charge is 0.329 e. The molecular weight excluding hydrogens is 229 g/mol. The highest BCUT2D eigenvalue weighted by atomic mass is 19.1. The van der Waals surface area contributed by atoms with Gasteiger partial charge in [-0.15, -0.1) is 0 Å². The fourth-order valence-corrected chi connectivity index (χ4v) is 1.49. The maximum Gasteiger partial charge on any atom is 0.329 e. The van der Waals surface area contributed by atoms with Gasteiger partial charge < -0.3 is 15.5 Å². The molecule has 1 aromatic rings. The van der Waals surface area contributed by atoms with Crippen molar-refractivity contribution in [1.29, 1.82) is 0 Å². The van der Waals surface area contributed by atoms with E-state index in [0.29, 0.717) is 12.8 Å². The molecule has 0 aliphatic heterocycles. The van der Waals surface area contributed by atoms with Crippen molar-refractivity contribution in [1.82, 2.24) is 5.32 Å². The van der Waals surface area contributed by atoms with E-state index in [9.17, 15) is 14.0 Å². The summed E-state index contributed by atoms with van der Waals surface area (Å²) in [5, 5.41) is 20.1. The van der Waals surface area contributed by atoms with Crippen LogP contribution in [0, 0.1) is 5.82 Å². The van der Waals surface area contributed by atoms with Crippen LogP contribution < -0.4 is 5.32 Å². The first kappa shape index (κ1) is 11.4. The number of rotatable bonds is 3. The maximum absolute atomic E-state index is 13.3. The van der Waals surface area contributed by atoms with Crippen LogP contribution >= 0.6 is 0 Å². The summed E-state index contributed by atoms with van der Waals surface area (Å²) in [5.41, 5.74) is -1.53. The molecule has 17 heavy (non-hydrogen) atoms. The van der Waals surface area contributed by atoms with Gasteiger partial charge >= 0.3 is 5.97 Å². The number of benzene rings is 1. The molecule has 0 heterocycles. The highest BCUT2D eigenvalue weighted by molar-refractivity contribution is 5.99. The number of hydrogen-bond donors (Lipinski definition) is 3. The molecule has 0 unspecified atom stereocenters. The molecular formula is C11H10FNO4. The summed E-state index contributed by atoms with van der Waals surface area (Å²) in [7, 11) is 0. The summed E-state index contributed by atoms with van der Waals surface area (Å²) < 4.78 is 13.3. The van der Waals surface area contributed by atoms with Gasteiger partial charge in [-0.05, 0) is 25.0 Å². The zero-order chi connectivity index (χ0) is 12.6. The average molecular weight is 239 g/mol. The molecule has 0 spiro atoms. The Kier molecular flexibility index (Phi) is 2.49. The topological polar surface area (TPSA) is 86.6 Å². The molecule has 6 heteroatoms. The fraction of sp³-hybridized carbons (Fsp3) is 0.273. The molecule has 1 aromatic carbocycles. The number of nitrogens with one attached hydrogen (secondary N) is 1. The second kappa shape index (κ2) is 3.73. The van der Waals surface area contributed by atoms with Gasteiger partial charge in [0.05, 0.1) is 5.56 Å². The van der Waals surface area contributed by atoms with Crippen molar-refractivity contribution < 1.29 is 24.2 Å². The number of phenolic OH excluding ortho intramolecular Hbond substituents is 1. The summed E-state index contributed by atoms with van der Waals surface area (Å²) >= 11 is 0. The maximum atomic E-state index is 13.3. The second-order valence-electron chi connectivity index (χ2n) is 4.01. The van der Waals surface area contributed by atoms with Crippen molar-refractivity contribution in [2.24, 2.45) is 0 Å². The molecule has 1 aliphatic carbocycles. The van der Waals surface area contributed by atoms with Crippen LogP contribution in [0.2, 0.25) is 0 Å². The van der Waals surface area contributed by atoms with Crippen LogP contribution in [0.25, 0.3) is 0 Å². The fourth-order valence-electron chi connectivity index (χ4n) is 1.49. The van der Waals surface area contributed by atoms with Crippen molar-refractivity contribution in [2.75, 3.05) is 0 Å². The van der Waals surface area contributed by atoms with Gasteiger partial charge in [0.25, 0.3) is 5.91 Å². The van der Waals surface area contributed by atoms with E-state index in [2.05, 4.69) is 5.32 Å². The van der Waals surface area contributed by atoms with Gasteiger partial charge in [-0.1, -0.05) is 0 Å². The SMILES string of the molecule is O=C(NC1(C(=O)O)CC1)c1ccc(O)cc1F. The zero-order valence-electron chi connectivity index (χ0n) is 8.74. The lowest BCUT2D eigenvalue weighted by molar-refractivity contribution is -0.140. The van der Waals surface area contributed by atoms with E-state index in [1.165, 1.54) is 6.07 Å². The third-order valence-electron chi connectivity index (χ3n) is 2.71. The van der Waals surface area contributed by atoms with Crippen molar-refractivity contribution in [3.8, 4) is 5.75 Å². The highest BCUT2D eigenvalue weighted by Crippen LogP contribution is 2.35. The lowest BCUT2D eigenvalue weighted by Crippen LogP contribution is -2.43. The number of carboxylic acid groups (broad SMARTS) is 1. The van der Waals surface area contributed by atoms with Crippen LogP contribution in [-0.2, 0) is 4.79 Å². The Morgan fingerprint density at radius 1 is 1.35 bits per heavy atom. The minimum atomic E-state index is -1.25. The summed E-state index contributed by atoms with van der Waals surface area (Å²) in [6, 6.07) is 3.07. The van der Waals surface area contributed by atoms with Crippen LogP contribution in [0.3, 0.4) is 0 Å². The number of phenols is 1. The normalized spacial score (nSPS) is 16.3. The quantitative estimate of drug-likeness (QED) is 0.730. The van der Waals surface area contributed by atoms with Gasteiger partial charge in [0.1, 0.15) is 17.1 Å². The molecule has 1 aliphatic rings. The van der Waals surface area contributed by atoms with Crippen LogP contribution in [0.15, 0.2) is 18.2 Å². The van der Waals surface area contributed by atoms with Crippen LogP contribution in [0.1, 0.15) is 23.2 Å². The minimum Gasteiger partial charge on any atom is -0.508 e. The van der Waals surface area contributed by atoms with E-state index in [4.69, 9.17) is 10.2 Å². The number of hydrogen-bond acceptors (Lipinski definition) is 3. The van der Waals surface area contributed by atoms with Gasteiger partial charge in [0.2, 0.25) is 0 Å². The van der Waals surface area contributed by atoms with Crippen molar-refractivity contribution in [2.45, 2.75) is 18.4 Å². The minimum absolute atomic E-state index is 0.282. The molecule has 3 N–H and O–H groups in total. The number of aliphatic carboxylic acids is 1. The number of carboxylic acids is 1. The summed E-state index contributed by atoms with van der Waals surface area (Å²) in [6.07, 6.45) is 0.682. The van der Waals surface area contributed by atoms with Crippen molar-refractivity contribution >= 4 is 11.9 Å². The number of halogens is 1. The standard InChI is InChI=1S/C11H10FNO4/c12-8-5-6(14)1-2-7(8)9(15)13-11(3-4-11)10(16)17/h1-2,5,14H,3-4H2,(H,13,15)(H,16,17). The van der Waals surface area contributed by atoms with Gasteiger partial charge in [-0.2, -0.15) is 0 Å². The van der Waals surface area contributed by atoms with E-state index in [-0.39, 0.29) is 11.3 Å². The van der Waals surface area contributed by atoms with E-state index in [1.807, 2.05) is 0 Å². The Bertz CT molecular complexity index is 496. The molecule has 1 saturated carbocycles. The van der Waals surface area contributed by atoms with Crippen molar-refractivity contribution in [3.05, 3.63) is 29.6 Å². The van der Waals surface area contributed by atoms with E-state index < -0.39 is 23.2 Å². The average Bonchev–Trinajstić information content (AvgIpc) is 2.98. The number of amides is 1. The van der Waals surface area contributed by atoms with Crippen molar-refractivity contribution in [3.63, 3.8) is 0 Å². The van der Waals surface area contributed by atoms with Gasteiger partial charge in [-0.3, -0.25) is 4.79 Å². The first-order valence-electron chi connectivity index (χ1n) is 4.99. The summed E-state index contributed by atoms with van der Waals surface area (Å²) in [4.78, 5) is 22.5. The number of carbonyl (C=O) groups is 2. The number of carbonyl (C=O) groups excluding carboxylic acids is 1. The number of aromatic hydroxyl groups is 1. The monoisotopic (exact) mass is 239 g/mol. The van der Waals surface area contributed by atoms with E-state index >= 15 is 0 Å². The molecule has 0 saturated heterocycles. The van der Waals surface area contributed by atoms with E-state index in [1.54, 1.807) is 0 Å². The second-order valence-corrected chi connectivity index (χ2v) is 4.01. The summed E-state index contributed by atoms with van der Waals surface area (Å²) in [6.45, 7) is 0. The molecule has 1 amide bonds. The summed E-state index contributed by atoms with van der Waals surface area (Å²) in [5.74, 6) is -3.09. The van der Waals surface area contributed by atoms with Crippen LogP contribution in [0.4, 0.5) is 4.39 Å².